The van der Waals surface area contributed by atoms with Crippen molar-refractivity contribution in [3.8, 4) is 0 Å². The van der Waals surface area contributed by atoms with E-state index in [0.29, 0.717) is 5.92 Å². The molecular formula is C18H23N3O3. The van der Waals surface area contributed by atoms with Crippen molar-refractivity contribution in [1.29, 1.82) is 0 Å². The minimum atomic E-state index is -1.06. The van der Waals surface area contributed by atoms with Gasteiger partial charge in [0.1, 0.15) is 6.54 Å². The van der Waals surface area contributed by atoms with Gasteiger partial charge in [0.05, 0.1) is 17.8 Å². The van der Waals surface area contributed by atoms with E-state index in [1.165, 1.54) is 22.6 Å². The van der Waals surface area contributed by atoms with Crippen LogP contribution in [0.3, 0.4) is 0 Å². The lowest BCUT2D eigenvalue weighted by Crippen LogP contribution is -2.30. The van der Waals surface area contributed by atoms with Crippen LogP contribution in [0.4, 0.5) is 0 Å². The molecule has 0 aliphatic rings. The first-order valence-corrected chi connectivity index (χ1v) is 8.05. The molecule has 0 aliphatic carbocycles. The zero-order valence-corrected chi connectivity index (χ0v) is 14.2. The van der Waals surface area contributed by atoms with Crippen LogP contribution in [0, 0.1) is 0 Å². The first kappa shape index (κ1) is 17.7. The SMILES string of the molecule is CCC(C)c1ccc(C(C)NC(=O)Cn2cc(C(=O)O)cn2)cc1. The van der Waals surface area contributed by atoms with Gasteiger partial charge < -0.3 is 10.4 Å². The molecule has 0 bridgehead atoms. The van der Waals surface area contributed by atoms with Gasteiger partial charge in [-0.25, -0.2) is 4.79 Å². The second-order valence-electron chi connectivity index (χ2n) is 6.00. The Labute approximate surface area is 141 Å². The number of carbonyl (C=O) groups excluding carboxylic acids is 1. The average molecular weight is 329 g/mol. The smallest absolute Gasteiger partial charge is 0.338 e. The van der Waals surface area contributed by atoms with Gasteiger partial charge in [-0.15, -0.1) is 0 Å². The summed E-state index contributed by atoms with van der Waals surface area (Å²) < 4.78 is 1.32. The number of nitrogens with zero attached hydrogens (tertiary/aromatic N) is 2. The summed E-state index contributed by atoms with van der Waals surface area (Å²) in [7, 11) is 0. The Bertz CT molecular complexity index is 707. The maximum absolute atomic E-state index is 12.1. The molecule has 2 unspecified atom stereocenters. The molecule has 2 rings (SSSR count). The van der Waals surface area contributed by atoms with E-state index < -0.39 is 5.97 Å². The number of rotatable bonds is 7. The molecule has 1 heterocycles. The molecular weight excluding hydrogens is 306 g/mol. The second kappa shape index (κ2) is 7.77. The molecule has 1 aromatic carbocycles. The summed E-state index contributed by atoms with van der Waals surface area (Å²) in [6.07, 6.45) is 3.66. The van der Waals surface area contributed by atoms with E-state index in [1.807, 2.05) is 19.1 Å². The van der Waals surface area contributed by atoms with Gasteiger partial charge >= 0.3 is 5.97 Å². The number of hydrogen-bond donors (Lipinski definition) is 2. The number of hydrogen-bond acceptors (Lipinski definition) is 3. The molecule has 128 valence electrons. The number of carboxylic acid groups (broad SMARTS) is 1. The highest BCUT2D eigenvalue weighted by Gasteiger charge is 2.13. The second-order valence-corrected chi connectivity index (χ2v) is 6.00. The number of carboxylic acids is 1. The Kier molecular flexibility index (Phi) is 5.73. The third-order valence-corrected chi connectivity index (χ3v) is 4.18. The summed E-state index contributed by atoms with van der Waals surface area (Å²) in [6, 6.07) is 8.13. The lowest BCUT2D eigenvalue weighted by atomic mass is 9.96. The average Bonchev–Trinajstić information content (AvgIpc) is 3.02. The molecule has 1 amide bonds. The van der Waals surface area contributed by atoms with Crippen LogP contribution in [0.5, 0.6) is 0 Å². The van der Waals surface area contributed by atoms with Crippen molar-refractivity contribution in [1.82, 2.24) is 15.1 Å². The lowest BCUT2D eigenvalue weighted by Gasteiger charge is -2.16. The Balaban J connectivity index is 1.94. The maximum atomic E-state index is 12.1. The van der Waals surface area contributed by atoms with E-state index in [-0.39, 0.29) is 24.1 Å². The van der Waals surface area contributed by atoms with Crippen LogP contribution in [0.1, 0.15) is 60.6 Å². The molecule has 6 nitrogen and oxygen atoms in total. The highest BCUT2D eigenvalue weighted by molar-refractivity contribution is 5.87. The van der Waals surface area contributed by atoms with E-state index in [1.54, 1.807) is 0 Å². The molecule has 0 aliphatic heterocycles. The molecule has 2 aromatic rings. The summed E-state index contributed by atoms with van der Waals surface area (Å²) in [4.78, 5) is 22.9. The van der Waals surface area contributed by atoms with E-state index in [4.69, 9.17) is 5.11 Å². The standard InChI is InChI=1S/C18H23N3O3/c1-4-12(2)14-5-7-15(8-6-14)13(3)20-17(22)11-21-10-16(9-19-21)18(23)24/h5-10,12-13H,4,11H2,1-3H3,(H,20,22)(H,23,24). The number of carbonyl (C=O) groups is 2. The first-order chi connectivity index (χ1) is 11.4. The Morgan fingerprint density at radius 3 is 2.38 bits per heavy atom. The molecule has 0 radical (unpaired) electrons. The number of aromatic nitrogens is 2. The van der Waals surface area contributed by atoms with Crippen molar-refractivity contribution in [2.45, 2.75) is 45.7 Å². The van der Waals surface area contributed by atoms with Crippen LogP contribution in [0.15, 0.2) is 36.7 Å². The Morgan fingerprint density at radius 1 is 1.21 bits per heavy atom. The zero-order valence-electron chi connectivity index (χ0n) is 14.2. The summed E-state index contributed by atoms with van der Waals surface area (Å²) in [6.45, 7) is 6.26. The van der Waals surface area contributed by atoms with Gasteiger partial charge in [0.15, 0.2) is 0 Å². The normalized spacial score (nSPS) is 13.3. The van der Waals surface area contributed by atoms with Crippen molar-refractivity contribution in [3.63, 3.8) is 0 Å². The molecule has 0 saturated heterocycles. The van der Waals surface area contributed by atoms with Crippen molar-refractivity contribution in [2.75, 3.05) is 0 Å². The fraction of sp³-hybridized carbons (Fsp3) is 0.389. The zero-order chi connectivity index (χ0) is 17.7. The van der Waals surface area contributed by atoms with Crippen LogP contribution in [0.25, 0.3) is 0 Å². The van der Waals surface area contributed by atoms with Crippen LogP contribution < -0.4 is 5.32 Å². The first-order valence-electron chi connectivity index (χ1n) is 8.05. The fourth-order valence-electron chi connectivity index (χ4n) is 2.43. The minimum Gasteiger partial charge on any atom is -0.478 e. The number of benzene rings is 1. The molecule has 0 fully saturated rings. The van der Waals surface area contributed by atoms with Gasteiger partial charge in [0, 0.05) is 6.20 Å². The van der Waals surface area contributed by atoms with Gasteiger partial charge in [-0.1, -0.05) is 38.1 Å². The summed E-state index contributed by atoms with van der Waals surface area (Å²) in [5, 5.41) is 15.6. The molecule has 0 spiro atoms. The van der Waals surface area contributed by atoms with Crippen molar-refractivity contribution < 1.29 is 14.7 Å². The molecule has 2 N–H and O–H groups in total. The van der Waals surface area contributed by atoms with E-state index in [2.05, 4.69) is 36.4 Å². The van der Waals surface area contributed by atoms with E-state index >= 15 is 0 Å². The fourth-order valence-corrected chi connectivity index (χ4v) is 2.43. The molecule has 1 aromatic heterocycles. The molecule has 0 saturated carbocycles. The van der Waals surface area contributed by atoms with Crippen molar-refractivity contribution in [2.24, 2.45) is 0 Å². The third kappa shape index (κ3) is 4.44. The predicted octanol–water partition coefficient (Wildman–Crippen LogP) is 2.97. The summed E-state index contributed by atoms with van der Waals surface area (Å²) in [5.41, 5.74) is 2.39. The van der Waals surface area contributed by atoms with Gasteiger partial charge in [0.2, 0.25) is 5.91 Å². The van der Waals surface area contributed by atoms with Gasteiger partial charge in [-0.3, -0.25) is 9.48 Å². The lowest BCUT2D eigenvalue weighted by molar-refractivity contribution is -0.122. The predicted molar refractivity (Wildman–Crippen MR) is 90.9 cm³/mol. The van der Waals surface area contributed by atoms with Gasteiger partial charge in [0.25, 0.3) is 0 Å². The van der Waals surface area contributed by atoms with Crippen LogP contribution in [-0.4, -0.2) is 26.8 Å². The number of amides is 1. The minimum absolute atomic E-state index is 0.0113. The van der Waals surface area contributed by atoms with Crippen molar-refractivity contribution >= 4 is 11.9 Å². The monoisotopic (exact) mass is 329 g/mol. The highest BCUT2D eigenvalue weighted by atomic mass is 16.4. The number of aromatic carboxylic acids is 1. The molecule has 24 heavy (non-hydrogen) atoms. The van der Waals surface area contributed by atoms with Crippen LogP contribution in [-0.2, 0) is 11.3 Å². The molecule has 2 atom stereocenters. The number of nitrogens with one attached hydrogen (secondary N) is 1. The summed E-state index contributed by atoms with van der Waals surface area (Å²) in [5.74, 6) is -0.753. The van der Waals surface area contributed by atoms with Crippen molar-refractivity contribution in [3.05, 3.63) is 53.3 Å². The maximum Gasteiger partial charge on any atom is 0.338 e. The Hall–Kier alpha value is -2.63. The van der Waals surface area contributed by atoms with E-state index in [0.717, 1.165) is 12.0 Å². The largest absolute Gasteiger partial charge is 0.478 e. The quantitative estimate of drug-likeness (QED) is 0.818. The molecule has 6 heteroatoms. The highest BCUT2D eigenvalue weighted by Crippen LogP contribution is 2.21. The van der Waals surface area contributed by atoms with Gasteiger partial charge in [-0.05, 0) is 30.4 Å². The van der Waals surface area contributed by atoms with E-state index in [9.17, 15) is 9.59 Å². The van der Waals surface area contributed by atoms with Crippen LogP contribution >= 0.6 is 0 Å². The van der Waals surface area contributed by atoms with Crippen LogP contribution in [0.2, 0.25) is 0 Å². The Morgan fingerprint density at radius 2 is 1.83 bits per heavy atom. The topological polar surface area (TPSA) is 84.2 Å². The summed E-state index contributed by atoms with van der Waals surface area (Å²) >= 11 is 0. The van der Waals surface area contributed by atoms with Gasteiger partial charge in [-0.2, -0.15) is 5.10 Å². The third-order valence-electron chi connectivity index (χ3n) is 4.18.